The van der Waals surface area contributed by atoms with Gasteiger partial charge in [-0.2, -0.15) is 0 Å². The number of piperazine rings is 1. The molecular weight excluding hydrogens is 296 g/mol. The molecule has 2 fully saturated rings. The molecule has 2 aliphatic rings. The number of carbonyl (C=O) groups excluding carboxylic acids is 1. The van der Waals surface area contributed by atoms with Gasteiger partial charge in [-0.25, -0.2) is 8.42 Å². The van der Waals surface area contributed by atoms with E-state index in [-0.39, 0.29) is 23.6 Å². The lowest BCUT2D eigenvalue weighted by atomic mass is 9.91. The van der Waals surface area contributed by atoms with Crippen LogP contribution in [0.4, 0.5) is 0 Å². The van der Waals surface area contributed by atoms with Crippen molar-refractivity contribution >= 4 is 21.7 Å². The number of nitrogens with zero attached hydrogens (tertiary/aromatic N) is 1. The Morgan fingerprint density at radius 3 is 2.76 bits per heavy atom. The van der Waals surface area contributed by atoms with E-state index in [9.17, 15) is 18.0 Å². The van der Waals surface area contributed by atoms with Crippen molar-refractivity contribution in [3.63, 3.8) is 0 Å². The Morgan fingerprint density at radius 2 is 2.14 bits per heavy atom. The molecule has 1 saturated heterocycles. The Labute approximate surface area is 124 Å². The van der Waals surface area contributed by atoms with E-state index in [1.54, 1.807) is 0 Å². The van der Waals surface area contributed by atoms with E-state index >= 15 is 0 Å². The molecule has 1 aliphatic heterocycles. The van der Waals surface area contributed by atoms with E-state index in [2.05, 4.69) is 5.32 Å². The van der Waals surface area contributed by atoms with Crippen LogP contribution in [-0.2, 0) is 19.4 Å². The Kier molecular flexibility index (Phi) is 4.88. The van der Waals surface area contributed by atoms with E-state index in [0.717, 1.165) is 12.8 Å². The Morgan fingerprint density at radius 1 is 1.43 bits per heavy atom. The number of nitrogens with one attached hydrogen (secondary N) is 1. The first kappa shape index (κ1) is 16.2. The summed E-state index contributed by atoms with van der Waals surface area (Å²) in [5.41, 5.74) is 0. The molecule has 3 atom stereocenters. The zero-order chi connectivity index (χ0) is 15.6. The highest BCUT2D eigenvalue weighted by atomic mass is 32.2. The van der Waals surface area contributed by atoms with Gasteiger partial charge in [0.15, 0.2) is 0 Å². The molecule has 0 aromatic heterocycles. The maximum Gasteiger partial charge on any atom is 0.305 e. The molecular formula is C13H22N2O5S. The molecule has 3 unspecified atom stereocenters. The Balaban J connectivity index is 2.13. The molecule has 0 spiro atoms. The molecule has 7 nitrogen and oxygen atoms in total. The van der Waals surface area contributed by atoms with Crippen LogP contribution in [-0.4, -0.2) is 67.0 Å². The normalized spacial score (nSPS) is 31.7. The minimum atomic E-state index is -3.10. The van der Waals surface area contributed by atoms with E-state index in [0.29, 0.717) is 25.9 Å². The van der Waals surface area contributed by atoms with Gasteiger partial charge in [-0.3, -0.25) is 14.5 Å². The second-order valence-electron chi connectivity index (χ2n) is 5.91. The van der Waals surface area contributed by atoms with Crippen LogP contribution < -0.4 is 5.32 Å². The standard InChI is InChI=1S/C13H22N2O5S/c1-21(19,20)10-4-2-3-9(7-10)15-6-5-14-13(18)11(15)8-12(16)17/h9-11H,2-8H2,1H3,(H,14,18)(H,16,17). The number of carboxylic acids is 1. The van der Waals surface area contributed by atoms with Gasteiger partial charge in [0, 0.05) is 25.4 Å². The summed E-state index contributed by atoms with van der Waals surface area (Å²) < 4.78 is 23.5. The van der Waals surface area contributed by atoms with Gasteiger partial charge in [0.1, 0.15) is 9.84 Å². The highest BCUT2D eigenvalue weighted by Crippen LogP contribution is 2.29. The van der Waals surface area contributed by atoms with Crippen LogP contribution in [0, 0.1) is 0 Å². The van der Waals surface area contributed by atoms with Crippen molar-refractivity contribution in [2.75, 3.05) is 19.3 Å². The molecule has 0 radical (unpaired) electrons. The van der Waals surface area contributed by atoms with Crippen molar-refractivity contribution in [1.29, 1.82) is 0 Å². The Bertz CT molecular complexity index is 519. The fraction of sp³-hybridized carbons (Fsp3) is 0.846. The highest BCUT2D eigenvalue weighted by molar-refractivity contribution is 7.91. The summed E-state index contributed by atoms with van der Waals surface area (Å²) >= 11 is 0. The quantitative estimate of drug-likeness (QED) is 0.732. The fourth-order valence-electron chi connectivity index (χ4n) is 3.36. The minimum absolute atomic E-state index is 0.0334. The van der Waals surface area contributed by atoms with Gasteiger partial charge in [-0.05, 0) is 19.3 Å². The first-order chi connectivity index (χ1) is 9.79. The van der Waals surface area contributed by atoms with Crippen LogP contribution >= 0.6 is 0 Å². The molecule has 0 aromatic rings. The fourth-order valence-corrected chi connectivity index (χ4v) is 4.52. The molecule has 1 heterocycles. The topological polar surface area (TPSA) is 104 Å². The number of hydrogen-bond acceptors (Lipinski definition) is 5. The summed E-state index contributed by atoms with van der Waals surface area (Å²) in [4.78, 5) is 24.8. The predicted molar refractivity (Wildman–Crippen MR) is 76.6 cm³/mol. The van der Waals surface area contributed by atoms with Crippen LogP contribution in [0.25, 0.3) is 0 Å². The number of aliphatic carboxylic acids is 1. The summed E-state index contributed by atoms with van der Waals surface area (Å²) in [6, 6.07) is -0.728. The molecule has 120 valence electrons. The number of hydrogen-bond donors (Lipinski definition) is 2. The van der Waals surface area contributed by atoms with Gasteiger partial charge < -0.3 is 10.4 Å². The van der Waals surface area contributed by atoms with Crippen molar-refractivity contribution in [2.45, 2.75) is 49.4 Å². The highest BCUT2D eigenvalue weighted by Gasteiger charge is 2.39. The van der Waals surface area contributed by atoms with Crippen LogP contribution in [0.5, 0.6) is 0 Å². The first-order valence-corrected chi connectivity index (χ1v) is 9.18. The lowest BCUT2D eigenvalue weighted by Gasteiger charge is -2.43. The summed E-state index contributed by atoms with van der Waals surface area (Å²) in [5.74, 6) is -1.29. The largest absolute Gasteiger partial charge is 0.481 e. The van der Waals surface area contributed by atoms with E-state index in [1.807, 2.05) is 4.90 Å². The maximum atomic E-state index is 11.9. The molecule has 0 bridgehead atoms. The number of amides is 1. The SMILES string of the molecule is CS(=O)(=O)C1CCCC(N2CCNC(=O)C2CC(=O)O)C1. The van der Waals surface area contributed by atoms with Crippen LogP contribution in [0.15, 0.2) is 0 Å². The molecule has 2 rings (SSSR count). The molecule has 2 N–H and O–H groups in total. The summed E-state index contributed by atoms with van der Waals surface area (Å²) in [7, 11) is -3.10. The van der Waals surface area contributed by atoms with Gasteiger partial charge in [0.2, 0.25) is 5.91 Å². The molecule has 1 saturated carbocycles. The summed E-state index contributed by atoms with van der Waals surface area (Å²) in [5, 5.41) is 11.3. The van der Waals surface area contributed by atoms with Crippen molar-refractivity contribution in [2.24, 2.45) is 0 Å². The summed E-state index contributed by atoms with van der Waals surface area (Å²) in [6.45, 7) is 1.06. The minimum Gasteiger partial charge on any atom is -0.481 e. The van der Waals surface area contributed by atoms with Crippen molar-refractivity contribution < 1.29 is 23.1 Å². The third kappa shape index (κ3) is 3.94. The van der Waals surface area contributed by atoms with Crippen molar-refractivity contribution in [1.82, 2.24) is 10.2 Å². The molecule has 21 heavy (non-hydrogen) atoms. The Hall–Kier alpha value is -1.15. The first-order valence-electron chi connectivity index (χ1n) is 7.23. The molecule has 0 aromatic carbocycles. The van der Waals surface area contributed by atoms with Gasteiger partial charge in [-0.1, -0.05) is 6.42 Å². The monoisotopic (exact) mass is 318 g/mol. The van der Waals surface area contributed by atoms with Crippen LogP contribution in [0.1, 0.15) is 32.1 Å². The number of rotatable bonds is 4. The van der Waals surface area contributed by atoms with Crippen molar-refractivity contribution in [3.05, 3.63) is 0 Å². The molecule has 1 amide bonds. The third-order valence-corrected chi connectivity index (χ3v) is 6.05. The second kappa shape index (κ2) is 6.31. The zero-order valence-electron chi connectivity index (χ0n) is 12.1. The van der Waals surface area contributed by atoms with Gasteiger partial charge >= 0.3 is 5.97 Å². The van der Waals surface area contributed by atoms with Crippen LogP contribution in [0.2, 0.25) is 0 Å². The lowest BCUT2D eigenvalue weighted by molar-refractivity contribution is -0.144. The van der Waals surface area contributed by atoms with Crippen molar-refractivity contribution in [3.8, 4) is 0 Å². The number of carbonyl (C=O) groups is 2. The average Bonchev–Trinajstić information content (AvgIpc) is 2.40. The zero-order valence-corrected chi connectivity index (χ0v) is 12.9. The van der Waals surface area contributed by atoms with E-state index in [1.165, 1.54) is 6.26 Å². The number of sulfone groups is 1. The lowest BCUT2D eigenvalue weighted by Crippen LogP contribution is -2.60. The van der Waals surface area contributed by atoms with Gasteiger partial charge in [0.25, 0.3) is 0 Å². The maximum absolute atomic E-state index is 11.9. The average molecular weight is 318 g/mol. The summed E-state index contributed by atoms with van der Waals surface area (Å²) in [6.07, 6.45) is 3.75. The van der Waals surface area contributed by atoms with Gasteiger partial charge in [0.05, 0.1) is 17.7 Å². The van der Waals surface area contributed by atoms with Gasteiger partial charge in [-0.15, -0.1) is 0 Å². The van der Waals surface area contributed by atoms with Crippen LogP contribution in [0.3, 0.4) is 0 Å². The van der Waals surface area contributed by atoms with E-state index < -0.39 is 21.8 Å². The van der Waals surface area contributed by atoms with E-state index in [4.69, 9.17) is 5.11 Å². The number of carboxylic acid groups (broad SMARTS) is 1. The molecule has 1 aliphatic carbocycles. The predicted octanol–water partition coefficient (Wildman–Crippen LogP) is -0.383. The second-order valence-corrected chi connectivity index (χ2v) is 8.24. The molecule has 8 heteroatoms. The third-order valence-electron chi connectivity index (χ3n) is 4.41. The smallest absolute Gasteiger partial charge is 0.305 e.